The standard InChI is InChI=1S/C7H8ClIN2O/c1-4-10-5(3-12-2)6(9)7(8)11-4/h3H2,1-2H3. The highest BCUT2D eigenvalue weighted by atomic mass is 127. The quantitative estimate of drug-likeness (QED) is 0.620. The van der Waals surface area contributed by atoms with E-state index in [0.717, 1.165) is 9.26 Å². The molecule has 0 N–H and O–H groups in total. The molecule has 1 aromatic heterocycles. The number of aryl methyl sites for hydroxylation is 1. The van der Waals surface area contributed by atoms with Gasteiger partial charge in [0.2, 0.25) is 0 Å². The highest BCUT2D eigenvalue weighted by Crippen LogP contribution is 2.19. The van der Waals surface area contributed by atoms with Crippen molar-refractivity contribution in [1.29, 1.82) is 0 Å². The largest absolute Gasteiger partial charge is 0.378 e. The summed E-state index contributed by atoms with van der Waals surface area (Å²) in [5.41, 5.74) is 0.843. The Morgan fingerprint density at radius 3 is 2.75 bits per heavy atom. The van der Waals surface area contributed by atoms with Crippen LogP contribution in [0.5, 0.6) is 0 Å². The number of aromatic nitrogens is 2. The maximum atomic E-state index is 5.84. The zero-order valence-electron chi connectivity index (χ0n) is 6.77. The summed E-state index contributed by atoms with van der Waals surface area (Å²) in [5.74, 6) is 0.674. The number of rotatable bonds is 2. The zero-order valence-corrected chi connectivity index (χ0v) is 9.68. The zero-order chi connectivity index (χ0) is 9.14. The van der Waals surface area contributed by atoms with Crippen LogP contribution in [-0.4, -0.2) is 17.1 Å². The lowest BCUT2D eigenvalue weighted by molar-refractivity contribution is 0.180. The van der Waals surface area contributed by atoms with Gasteiger partial charge in [-0.3, -0.25) is 0 Å². The number of nitrogens with zero attached hydrogens (tertiary/aromatic N) is 2. The third kappa shape index (κ3) is 2.27. The van der Waals surface area contributed by atoms with Crippen LogP contribution in [0.25, 0.3) is 0 Å². The van der Waals surface area contributed by atoms with Crippen molar-refractivity contribution in [2.75, 3.05) is 7.11 Å². The van der Waals surface area contributed by atoms with Crippen LogP contribution in [0.15, 0.2) is 0 Å². The van der Waals surface area contributed by atoms with Crippen molar-refractivity contribution < 1.29 is 4.74 Å². The molecular weight excluding hydrogens is 290 g/mol. The molecule has 1 rings (SSSR count). The monoisotopic (exact) mass is 298 g/mol. The van der Waals surface area contributed by atoms with E-state index in [0.29, 0.717) is 17.6 Å². The first kappa shape index (κ1) is 10.1. The maximum absolute atomic E-state index is 5.84. The van der Waals surface area contributed by atoms with Gasteiger partial charge in [0.15, 0.2) is 0 Å². The lowest BCUT2D eigenvalue weighted by Gasteiger charge is -2.04. The van der Waals surface area contributed by atoms with E-state index in [1.807, 2.05) is 0 Å². The molecule has 0 radical (unpaired) electrons. The molecule has 0 aliphatic carbocycles. The lowest BCUT2D eigenvalue weighted by atomic mass is 10.4. The highest BCUT2D eigenvalue weighted by molar-refractivity contribution is 14.1. The van der Waals surface area contributed by atoms with Crippen molar-refractivity contribution in [2.45, 2.75) is 13.5 Å². The molecule has 12 heavy (non-hydrogen) atoms. The second-order valence-corrected chi connectivity index (χ2v) is 3.69. The van der Waals surface area contributed by atoms with Crippen molar-refractivity contribution in [1.82, 2.24) is 9.97 Å². The van der Waals surface area contributed by atoms with E-state index >= 15 is 0 Å². The van der Waals surface area contributed by atoms with Crippen LogP contribution in [0, 0.1) is 10.5 Å². The van der Waals surface area contributed by atoms with Gasteiger partial charge < -0.3 is 4.74 Å². The first-order valence-corrected chi connectivity index (χ1v) is 4.78. The van der Waals surface area contributed by atoms with Crippen LogP contribution in [0.3, 0.4) is 0 Å². The molecule has 0 aromatic carbocycles. The van der Waals surface area contributed by atoms with Crippen LogP contribution >= 0.6 is 34.2 Å². The summed E-state index contributed by atoms with van der Waals surface area (Å²) in [6, 6.07) is 0. The van der Waals surface area contributed by atoms with Crippen molar-refractivity contribution in [3.63, 3.8) is 0 Å². The Hall–Kier alpha value is 0.0600. The fourth-order valence-corrected chi connectivity index (χ4v) is 1.44. The summed E-state index contributed by atoms with van der Waals surface area (Å²) < 4.78 is 5.83. The summed E-state index contributed by atoms with van der Waals surface area (Å²) in [6.45, 7) is 2.28. The molecule has 0 aliphatic rings. The van der Waals surface area contributed by atoms with E-state index < -0.39 is 0 Å². The predicted molar refractivity (Wildman–Crippen MR) is 55.2 cm³/mol. The topological polar surface area (TPSA) is 35.0 Å². The molecule has 0 saturated carbocycles. The highest BCUT2D eigenvalue weighted by Gasteiger charge is 2.07. The maximum Gasteiger partial charge on any atom is 0.146 e. The molecule has 0 spiro atoms. The number of hydrogen-bond donors (Lipinski definition) is 0. The third-order valence-corrected chi connectivity index (χ3v) is 3.00. The van der Waals surface area contributed by atoms with Crippen molar-refractivity contribution in [3.8, 4) is 0 Å². The number of ether oxygens (including phenoxy) is 1. The number of methoxy groups -OCH3 is 1. The van der Waals surface area contributed by atoms with Gasteiger partial charge in [0.05, 0.1) is 15.9 Å². The van der Waals surface area contributed by atoms with Crippen molar-refractivity contribution in [3.05, 3.63) is 20.2 Å². The smallest absolute Gasteiger partial charge is 0.146 e. The molecule has 0 aliphatic heterocycles. The summed E-state index contributed by atoms with van der Waals surface area (Å²) in [7, 11) is 1.63. The fraction of sp³-hybridized carbons (Fsp3) is 0.429. The Labute approximate surface area is 89.6 Å². The predicted octanol–water partition coefficient (Wildman–Crippen LogP) is 2.19. The van der Waals surface area contributed by atoms with E-state index in [4.69, 9.17) is 16.3 Å². The van der Waals surface area contributed by atoms with Crippen LogP contribution in [0.1, 0.15) is 11.5 Å². The van der Waals surface area contributed by atoms with Crippen LogP contribution in [-0.2, 0) is 11.3 Å². The Balaban J connectivity index is 3.09. The second kappa shape index (κ2) is 4.34. The van der Waals surface area contributed by atoms with Gasteiger partial charge in [-0.2, -0.15) is 0 Å². The summed E-state index contributed by atoms with van der Waals surface area (Å²) in [5, 5.41) is 0.496. The van der Waals surface area contributed by atoms with Gasteiger partial charge in [0.25, 0.3) is 0 Å². The summed E-state index contributed by atoms with van der Waals surface area (Å²) >= 11 is 7.95. The normalized spacial score (nSPS) is 10.3. The summed E-state index contributed by atoms with van der Waals surface area (Å²) in [6.07, 6.45) is 0. The third-order valence-electron chi connectivity index (χ3n) is 1.27. The lowest BCUT2D eigenvalue weighted by Crippen LogP contribution is -2.01. The molecule has 0 atom stereocenters. The minimum atomic E-state index is 0.474. The van der Waals surface area contributed by atoms with Gasteiger partial charge >= 0.3 is 0 Å². The fourth-order valence-electron chi connectivity index (χ4n) is 0.812. The van der Waals surface area contributed by atoms with Crippen molar-refractivity contribution >= 4 is 34.2 Å². The molecule has 0 unspecified atom stereocenters. The van der Waals surface area contributed by atoms with E-state index in [9.17, 15) is 0 Å². The Bertz CT molecular complexity index is 293. The molecule has 0 bridgehead atoms. The minimum absolute atomic E-state index is 0.474. The molecule has 3 nitrogen and oxygen atoms in total. The molecule has 0 amide bonds. The van der Waals surface area contributed by atoms with Gasteiger partial charge in [-0.1, -0.05) is 11.6 Å². The molecule has 0 fully saturated rings. The number of halogens is 2. The molecule has 1 heterocycles. The second-order valence-electron chi connectivity index (χ2n) is 2.26. The number of hydrogen-bond acceptors (Lipinski definition) is 3. The van der Waals surface area contributed by atoms with Crippen molar-refractivity contribution in [2.24, 2.45) is 0 Å². The van der Waals surface area contributed by atoms with Gasteiger partial charge in [0.1, 0.15) is 11.0 Å². The molecular formula is C7H8ClIN2O. The SMILES string of the molecule is COCc1nc(C)nc(Cl)c1I. The molecule has 1 aromatic rings. The molecule has 0 saturated heterocycles. The molecule has 5 heteroatoms. The van der Waals surface area contributed by atoms with E-state index in [1.54, 1.807) is 14.0 Å². The van der Waals surface area contributed by atoms with Gasteiger partial charge in [0, 0.05) is 7.11 Å². The van der Waals surface area contributed by atoms with Crippen LogP contribution in [0.2, 0.25) is 5.15 Å². The first-order chi connectivity index (χ1) is 5.65. The first-order valence-electron chi connectivity index (χ1n) is 3.32. The Kier molecular flexibility index (Phi) is 3.67. The van der Waals surface area contributed by atoms with Gasteiger partial charge in [-0.15, -0.1) is 0 Å². The van der Waals surface area contributed by atoms with Gasteiger partial charge in [-0.25, -0.2) is 9.97 Å². The van der Waals surface area contributed by atoms with Crippen LogP contribution < -0.4 is 0 Å². The Morgan fingerprint density at radius 2 is 2.17 bits per heavy atom. The van der Waals surface area contributed by atoms with E-state index in [-0.39, 0.29) is 0 Å². The average Bonchev–Trinajstić information content (AvgIpc) is 2.00. The summed E-state index contributed by atoms with van der Waals surface area (Å²) in [4.78, 5) is 8.20. The molecule has 66 valence electrons. The van der Waals surface area contributed by atoms with Crippen LogP contribution in [0.4, 0.5) is 0 Å². The van der Waals surface area contributed by atoms with Gasteiger partial charge in [-0.05, 0) is 29.5 Å². The Morgan fingerprint density at radius 1 is 1.50 bits per heavy atom. The minimum Gasteiger partial charge on any atom is -0.378 e. The van der Waals surface area contributed by atoms with E-state index in [1.165, 1.54) is 0 Å². The van der Waals surface area contributed by atoms with E-state index in [2.05, 4.69) is 32.6 Å². The average molecular weight is 299 g/mol.